The van der Waals surface area contributed by atoms with E-state index in [0.29, 0.717) is 38.9 Å². The van der Waals surface area contributed by atoms with Crippen LogP contribution in [0.3, 0.4) is 0 Å². The van der Waals surface area contributed by atoms with E-state index in [1.165, 1.54) is 0 Å². The lowest BCUT2D eigenvalue weighted by atomic mass is 9.97. The van der Waals surface area contributed by atoms with Crippen molar-refractivity contribution in [3.8, 4) is 6.07 Å². The molecule has 126 valence electrons. The minimum absolute atomic E-state index is 0.0418. The first-order valence-corrected chi connectivity index (χ1v) is 8.57. The molecule has 2 fully saturated rings. The molecule has 1 aromatic rings. The van der Waals surface area contributed by atoms with Crippen LogP contribution in [-0.2, 0) is 9.59 Å². The van der Waals surface area contributed by atoms with E-state index in [1.807, 2.05) is 26.0 Å². The summed E-state index contributed by atoms with van der Waals surface area (Å²) < 4.78 is 0. The van der Waals surface area contributed by atoms with E-state index in [0.717, 1.165) is 16.8 Å². The number of carbonyl (C=O) groups excluding carboxylic acids is 2. The third-order valence-corrected chi connectivity index (χ3v) is 5.01. The number of piperidine rings is 1. The summed E-state index contributed by atoms with van der Waals surface area (Å²) in [7, 11) is 0. The summed E-state index contributed by atoms with van der Waals surface area (Å²) in [5, 5.41) is 8.96. The van der Waals surface area contributed by atoms with Gasteiger partial charge in [0.15, 0.2) is 0 Å². The molecule has 2 saturated heterocycles. The molecule has 24 heavy (non-hydrogen) atoms. The second-order valence-electron chi connectivity index (χ2n) is 6.91. The van der Waals surface area contributed by atoms with E-state index in [1.54, 1.807) is 9.80 Å². The van der Waals surface area contributed by atoms with Gasteiger partial charge in [0.25, 0.3) is 0 Å². The van der Waals surface area contributed by atoms with Crippen LogP contribution < -0.4 is 4.90 Å². The summed E-state index contributed by atoms with van der Waals surface area (Å²) in [6.45, 7) is 5.79. The Morgan fingerprint density at radius 2 is 1.71 bits per heavy atom. The van der Waals surface area contributed by atoms with Crippen molar-refractivity contribution in [1.82, 2.24) is 4.90 Å². The standard InChI is InChI=1S/C19H23N3O2/c1-13-9-14(2)11-16(10-13)22-8-5-17(19(22)24)18(23)21-6-3-15(12-20)4-7-21/h9-11,15,17H,3-8H2,1-2H3. The number of benzene rings is 1. The van der Waals surface area contributed by atoms with Crippen LogP contribution in [0.15, 0.2) is 18.2 Å². The lowest BCUT2D eigenvalue weighted by molar-refractivity contribution is -0.140. The monoisotopic (exact) mass is 325 g/mol. The van der Waals surface area contributed by atoms with E-state index in [9.17, 15) is 9.59 Å². The van der Waals surface area contributed by atoms with Crippen molar-refractivity contribution in [2.24, 2.45) is 11.8 Å². The molecule has 5 heteroatoms. The minimum Gasteiger partial charge on any atom is -0.342 e. The molecule has 1 aromatic carbocycles. The van der Waals surface area contributed by atoms with Gasteiger partial charge in [-0.1, -0.05) is 6.07 Å². The number of nitrogens with zero attached hydrogens (tertiary/aromatic N) is 3. The molecule has 0 aromatic heterocycles. The van der Waals surface area contributed by atoms with Crippen LogP contribution in [0.2, 0.25) is 0 Å². The van der Waals surface area contributed by atoms with E-state index >= 15 is 0 Å². The van der Waals surface area contributed by atoms with Crippen molar-refractivity contribution >= 4 is 17.5 Å². The van der Waals surface area contributed by atoms with Gasteiger partial charge in [0.2, 0.25) is 11.8 Å². The van der Waals surface area contributed by atoms with E-state index < -0.39 is 5.92 Å². The Morgan fingerprint density at radius 1 is 1.08 bits per heavy atom. The Kier molecular flexibility index (Phi) is 4.57. The normalized spacial score (nSPS) is 21.9. The maximum atomic E-state index is 12.8. The van der Waals surface area contributed by atoms with Crippen LogP contribution in [0.4, 0.5) is 5.69 Å². The zero-order chi connectivity index (χ0) is 17.3. The van der Waals surface area contributed by atoms with Gasteiger partial charge in [0.05, 0.1) is 6.07 Å². The van der Waals surface area contributed by atoms with Crippen LogP contribution >= 0.6 is 0 Å². The van der Waals surface area contributed by atoms with Gasteiger partial charge in [0.1, 0.15) is 5.92 Å². The fourth-order valence-electron chi connectivity index (χ4n) is 3.72. The highest BCUT2D eigenvalue weighted by Gasteiger charge is 2.40. The average Bonchev–Trinajstić information content (AvgIpc) is 2.95. The van der Waals surface area contributed by atoms with Gasteiger partial charge in [-0.25, -0.2) is 0 Å². The highest BCUT2D eigenvalue weighted by atomic mass is 16.2. The number of aryl methyl sites for hydroxylation is 2. The van der Waals surface area contributed by atoms with Gasteiger partial charge in [-0.2, -0.15) is 5.26 Å². The summed E-state index contributed by atoms with van der Waals surface area (Å²) >= 11 is 0. The largest absolute Gasteiger partial charge is 0.342 e. The lowest BCUT2D eigenvalue weighted by Crippen LogP contribution is -2.44. The van der Waals surface area contributed by atoms with Gasteiger partial charge in [0, 0.05) is 31.2 Å². The summed E-state index contributed by atoms with van der Waals surface area (Å²) in [6.07, 6.45) is 2.00. The van der Waals surface area contributed by atoms with Crippen molar-refractivity contribution in [1.29, 1.82) is 5.26 Å². The van der Waals surface area contributed by atoms with Crippen LogP contribution in [0.25, 0.3) is 0 Å². The smallest absolute Gasteiger partial charge is 0.239 e. The zero-order valence-corrected chi connectivity index (χ0v) is 14.3. The van der Waals surface area contributed by atoms with Crippen molar-refractivity contribution < 1.29 is 9.59 Å². The molecule has 0 bridgehead atoms. The predicted molar refractivity (Wildman–Crippen MR) is 91.3 cm³/mol. The number of hydrogen-bond acceptors (Lipinski definition) is 3. The third-order valence-electron chi connectivity index (χ3n) is 5.01. The molecular weight excluding hydrogens is 302 g/mol. The van der Waals surface area contributed by atoms with Gasteiger partial charge >= 0.3 is 0 Å². The average molecular weight is 325 g/mol. The zero-order valence-electron chi connectivity index (χ0n) is 14.3. The van der Waals surface area contributed by atoms with Crippen molar-refractivity contribution in [3.05, 3.63) is 29.3 Å². The number of carbonyl (C=O) groups is 2. The fourth-order valence-corrected chi connectivity index (χ4v) is 3.72. The van der Waals surface area contributed by atoms with Crippen LogP contribution in [-0.4, -0.2) is 36.3 Å². The predicted octanol–water partition coefficient (Wildman–Crippen LogP) is 2.42. The topological polar surface area (TPSA) is 64.4 Å². The number of nitriles is 1. The van der Waals surface area contributed by atoms with Crippen molar-refractivity contribution in [3.63, 3.8) is 0 Å². The summed E-state index contributed by atoms with van der Waals surface area (Å²) in [6, 6.07) is 8.34. The molecule has 2 aliphatic rings. The number of anilines is 1. The molecule has 1 atom stereocenters. The fraction of sp³-hybridized carbons (Fsp3) is 0.526. The highest BCUT2D eigenvalue weighted by molar-refractivity contribution is 6.09. The molecule has 0 spiro atoms. The van der Waals surface area contributed by atoms with Crippen molar-refractivity contribution in [2.45, 2.75) is 33.1 Å². The van der Waals surface area contributed by atoms with Crippen molar-refractivity contribution in [2.75, 3.05) is 24.5 Å². The Bertz CT molecular complexity index is 679. The second kappa shape index (κ2) is 6.64. The van der Waals surface area contributed by atoms with E-state index in [2.05, 4.69) is 12.1 Å². The van der Waals surface area contributed by atoms with Gasteiger partial charge in [-0.15, -0.1) is 0 Å². The highest BCUT2D eigenvalue weighted by Crippen LogP contribution is 2.29. The summed E-state index contributed by atoms with van der Waals surface area (Å²) in [4.78, 5) is 29.0. The Morgan fingerprint density at radius 3 is 2.29 bits per heavy atom. The Balaban J connectivity index is 1.70. The Hall–Kier alpha value is -2.35. The molecule has 1 unspecified atom stereocenters. The van der Waals surface area contributed by atoms with Crippen LogP contribution in [0.1, 0.15) is 30.4 Å². The molecule has 5 nitrogen and oxygen atoms in total. The first kappa shape index (κ1) is 16.5. The summed E-state index contributed by atoms with van der Waals surface area (Å²) in [5.74, 6) is -0.680. The number of rotatable bonds is 2. The molecule has 2 heterocycles. The maximum Gasteiger partial charge on any atom is 0.239 e. The van der Waals surface area contributed by atoms with Gasteiger partial charge in [-0.3, -0.25) is 9.59 Å². The first-order chi connectivity index (χ1) is 11.5. The second-order valence-corrected chi connectivity index (χ2v) is 6.91. The van der Waals surface area contributed by atoms with Gasteiger partial charge < -0.3 is 9.80 Å². The quantitative estimate of drug-likeness (QED) is 0.784. The van der Waals surface area contributed by atoms with Crippen LogP contribution in [0, 0.1) is 37.0 Å². The molecule has 0 N–H and O–H groups in total. The lowest BCUT2D eigenvalue weighted by Gasteiger charge is -2.30. The van der Waals surface area contributed by atoms with E-state index in [-0.39, 0.29) is 17.7 Å². The molecule has 0 radical (unpaired) electrons. The molecule has 3 rings (SSSR count). The Labute approximate surface area is 142 Å². The molecule has 0 saturated carbocycles. The molecule has 2 amide bonds. The summed E-state index contributed by atoms with van der Waals surface area (Å²) in [5.41, 5.74) is 3.12. The molecule has 0 aliphatic carbocycles. The molecule has 2 aliphatic heterocycles. The van der Waals surface area contributed by atoms with E-state index in [4.69, 9.17) is 5.26 Å². The molecular formula is C19H23N3O2. The number of likely N-dealkylation sites (tertiary alicyclic amines) is 1. The van der Waals surface area contributed by atoms with Gasteiger partial charge in [-0.05, 0) is 56.4 Å². The third kappa shape index (κ3) is 3.14. The van der Waals surface area contributed by atoms with Crippen LogP contribution in [0.5, 0.6) is 0 Å². The first-order valence-electron chi connectivity index (χ1n) is 8.57. The SMILES string of the molecule is Cc1cc(C)cc(N2CCC(C(=O)N3CCC(C#N)CC3)C2=O)c1. The number of hydrogen-bond donors (Lipinski definition) is 0. The minimum atomic E-state index is -0.565. The number of amides is 2. The maximum absolute atomic E-state index is 12.8.